The minimum atomic E-state index is -0.577. The van der Waals surface area contributed by atoms with Crippen molar-refractivity contribution >= 4 is 17.5 Å². The largest absolute Gasteiger partial charge is 0.507 e. The molecule has 0 atom stereocenters. The molecule has 0 saturated heterocycles. The van der Waals surface area contributed by atoms with E-state index in [0.29, 0.717) is 12.4 Å². The van der Waals surface area contributed by atoms with Crippen LogP contribution in [0.3, 0.4) is 0 Å². The summed E-state index contributed by atoms with van der Waals surface area (Å²) < 4.78 is 12.8. The van der Waals surface area contributed by atoms with Crippen molar-refractivity contribution in [3.63, 3.8) is 0 Å². The molecule has 0 aliphatic carbocycles. The van der Waals surface area contributed by atoms with Crippen LogP contribution in [-0.4, -0.2) is 23.4 Å². The second kappa shape index (κ2) is 6.05. The van der Waals surface area contributed by atoms with Gasteiger partial charge in [-0.15, -0.1) is 11.6 Å². The Labute approximate surface area is 111 Å². The number of aromatic hydroxyl groups is 1. The molecule has 0 unspecified atom stereocenters. The van der Waals surface area contributed by atoms with Gasteiger partial charge in [0.15, 0.2) is 0 Å². The van der Waals surface area contributed by atoms with Gasteiger partial charge in [0.05, 0.1) is 5.56 Å². The van der Waals surface area contributed by atoms with Gasteiger partial charge in [-0.2, -0.15) is 0 Å². The molecule has 0 radical (unpaired) electrons. The van der Waals surface area contributed by atoms with Crippen LogP contribution in [0.15, 0.2) is 18.2 Å². The lowest BCUT2D eigenvalue weighted by molar-refractivity contribution is 0.0933. The predicted octanol–water partition coefficient (Wildman–Crippen LogP) is 2.92. The first-order chi connectivity index (χ1) is 8.35. The van der Waals surface area contributed by atoms with Crippen molar-refractivity contribution in [1.82, 2.24) is 5.32 Å². The highest BCUT2D eigenvalue weighted by Gasteiger charge is 2.19. The van der Waals surface area contributed by atoms with Crippen molar-refractivity contribution < 1.29 is 14.3 Å². The van der Waals surface area contributed by atoms with E-state index in [2.05, 4.69) is 5.32 Å². The third kappa shape index (κ3) is 4.18. The molecule has 1 aromatic rings. The number of rotatable bonds is 5. The number of halogens is 2. The van der Waals surface area contributed by atoms with E-state index in [-0.39, 0.29) is 16.7 Å². The summed E-state index contributed by atoms with van der Waals surface area (Å²) in [6, 6.07) is 3.31. The Hall–Kier alpha value is -1.29. The first-order valence-corrected chi connectivity index (χ1v) is 6.22. The third-order valence-electron chi connectivity index (χ3n) is 2.70. The lowest BCUT2D eigenvalue weighted by Crippen LogP contribution is -2.34. The number of carbonyl (C=O) groups is 1. The van der Waals surface area contributed by atoms with E-state index in [4.69, 9.17) is 11.6 Å². The summed E-state index contributed by atoms with van der Waals surface area (Å²) in [6.07, 6.45) is 0.768. The smallest absolute Gasteiger partial charge is 0.255 e. The zero-order valence-electron chi connectivity index (χ0n) is 10.5. The molecule has 0 aliphatic heterocycles. The molecular formula is C13H17ClFNO2. The molecule has 0 fully saturated rings. The standard InChI is InChI=1S/C13H17ClFNO2/c1-13(2,5-6-14)8-16-12(18)10-4-3-9(15)7-11(10)17/h3-4,7,17H,5-6,8H2,1-2H3,(H,16,18). The molecule has 5 heteroatoms. The van der Waals surface area contributed by atoms with Gasteiger partial charge in [-0.25, -0.2) is 4.39 Å². The van der Waals surface area contributed by atoms with Gasteiger partial charge in [-0.05, 0) is 24.0 Å². The third-order valence-corrected chi connectivity index (χ3v) is 2.89. The highest BCUT2D eigenvalue weighted by molar-refractivity contribution is 6.17. The maximum atomic E-state index is 12.8. The number of nitrogens with one attached hydrogen (secondary N) is 1. The second-order valence-corrected chi connectivity index (χ2v) is 5.33. The Morgan fingerprint density at radius 2 is 2.17 bits per heavy atom. The topological polar surface area (TPSA) is 49.3 Å². The van der Waals surface area contributed by atoms with Crippen LogP contribution in [0.4, 0.5) is 4.39 Å². The Bertz CT molecular complexity index is 435. The van der Waals surface area contributed by atoms with Crippen LogP contribution in [-0.2, 0) is 0 Å². The SMILES string of the molecule is CC(C)(CCCl)CNC(=O)c1ccc(F)cc1O. The van der Waals surface area contributed by atoms with Crippen LogP contribution < -0.4 is 5.32 Å². The zero-order chi connectivity index (χ0) is 13.8. The lowest BCUT2D eigenvalue weighted by atomic mass is 9.90. The Kier molecular flexibility index (Phi) is 4.96. The molecule has 2 N–H and O–H groups in total. The summed E-state index contributed by atoms with van der Waals surface area (Å²) in [4.78, 5) is 11.8. The van der Waals surface area contributed by atoms with Gasteiger partial charge >= 0.3 is 0 Å². The lowest BCUT2D eigenvalue weighted by Gasteiger charge is -2.23. The van der Waals surface area contributed by atoms with E-state index in [1.807, 2.05) is 13.8 Å². The molecule has 0 heterocycles. The van der Waals surface area contributed by atoms with Crippen molar-refractivity contribution in [2.45, 2.75) is 20.3 Å². The van der Waals surface area contributed by atoms with Gasteiger partial charge in [0.2, 0.25) is 0 Å². The fourth-order valence-electron chi connectivity index (χ4n) is 1.46. The van der Waals surface area contributed by atoms with Crippen molar-refractivity contribution in [3.05, 3.63) is 29.6 Å². The maximum Gasteiger partial charge on any atom is 0.255 e. The first kappa shape index (κ1) is 14.8. The fraction of sp³-hybridized carbons (Fsp3) is 0.462. The minimum Gasteiger partial charge on any atom is -0.507 e. The van der Waals surface area contributed by atoms with Crippen molar-refractivity contribution in [3.8, 4) is 5.75 Å². The molecule has 0 aromatic heterocycles. The number of carbonyl (C=O) groups excluding carboxylic acids is 1. The molecule has 3 nitrogen and oxygen atoms in total. The van der Waals surface area contributed by atoms with E-state index in [1.54, 1.807) is 0 Å². The van der Waals surface area contributed by atoms with Gasteiger partial charge < -0.3 is 10.4 Å². The normalized spacial score (nSPS) is 11.3. The maximum absolute atomic E-state index is 12.8. The van der Waals surface area contributed by atoms with Crippen LogP contribution in [0.2, 0.25) is 0 Å². The number of alkyl halides is 1. The van der Waals surface area contributed by atoms with E-state index >= 15 is 0 Å². The number of phenols is 1. The summed E-state index contributed by atoms with van der Waals surface area (Å²) in [5.74, 6) is -0.839. The molecule has 0 spiro atoms. The summed E-state index contributed by atoms with van der Waals surface area (Å²) >= 11 is 5.67. The molecule has 18 heavy (non-hydrogen) atoms. The van der Waals surface area contributed by atoms with Crippen LogP contribution in [0.1, 0.15) is 30.6 Å². The predicted molar refractivity (Wildman–Crippen MR) is 69.5 cm³/mol. The van der Waals surface area contributed by atoms with Gasteiger partial charge in [-0.1, -0.05) is 13.8 Å². The molecular weight excluding hydrogens is 257 g/mol. The monoisotopic (exact) mass is 273 g/mol. The summed E-state index contributed by atoms with van der Waals surface area (Å²) in [5, 5.41) is 12.2. The van der Waals surface area contributed by atoms with E-state index < -0.39 is 11.7 Å². The van der Waals surface area contributed by atoms with Crippen LogP contribution >= 0.6 is 11.6 Å². The summed E-state index contributed by atoms with van der Waals surface area (Å²) in [7, 11) is 0. The van der Waals surface area contributed by atoms with Gasteiger partial charge in [0.25, 0.3) is 5.91 Å². The van der Waals surface area contributed by atoms with E-state index in [0.717, 1.165) is 18.6 Å². The van der Waals surface area contributed by atoms with Gasteiger partial charge in [0, 0.05) is 18.5 Å². The summed E-state index contributed by atoms with van der Waals surface area (Å²) in [6.45, 7) is 4.41. The Morgan fingerprint density at radius 3 is 2.72 bits per heavy atom. The second-order valence-electron chi connectivity index (χ2n) is 4.95. The summed E-state index contributed by atoms with van der Waals surface area (Å²) in [5.41, 5.74) is -0.0503. The first-order valence-electron chi connectivity index (χ1n) is 5.68. The Balaban J connectivity index is 2.66. The van der Waals surface area contributed by atoms with Crippen molar-refractivity contribution in [2.75, 3.05) is 12.4 Å². The molecule has 1 amide bonds. The van der Waals surface area contributed by atoms with E-state index in [1.165, 1.54) is 6.07 Å². The number of hydrogen-bond acceptors (Lipinski definition) is 2. The minimum absolute atomic E-state index is 0.0677. The zero-order valence-corrected chi connectivity index (χ0v) is 11.2. The molecule has 0 bridgehead atoms. The van der Waals surface area contributed by atoms with Crippen molar-refractivity contribution in [1.29, 1.82) is 0 Å². The average molecular weight is 274 g/mol. The number of hydrogen-bond donors (Lipinski definition) is 2. The Morgan fingerprint density at radius 1 is 1.50 bits per heavy atom. The van der Waals surface area contributed by atoms with Crippen LogP contribution in [0.5, 0.6) is 5.75 Å². The van der Waals surface area contributed by atoms with Gasteiger partial charge in [-0.3, -0.25) is 4.79 Å². The number of phenolic OH excluding ortho intramolecular Hbond substituents is 1. The molecule has 0 aliphatic rings. The number of benzene rings is 1. The molecule has 1 rings (SSSR count). The van der Waals surface area contributed by atoms with Crippen molar-refractivity contribution in [2.24, 2.45) is 5.41 Å². The molecule has 100 valence electrons. The average Bonchev–Trinajstić information content (AvgIpc) is 2.26. The van der Waals surface area contributed by atoms with Crippen LogP contribution in [0.25, 0.3) is 0 Å². The van der Waals surface area contributed by atoms with E-state index in [9.17, 15) is 14.3 Å². The number of amides is 1. The highest BCUT2D eigenvalue weighted by Crippen LogP contribution is 2.21. The molecule has 0 saturated carbocycles. The fourth-order valence-corrected chi connectivity index (χ4v) is 1.97. The molecule has 1 aromatic carbocycles. The quantitative estimate of drug-likeness (QED) is 0.811. The van der Waals surface area contributed by atoms with Crippen LogP contribution in [0, 0.1) is 11.2 Å². The van der Waals surface area contributed by atoms with Gasteiger partial charge in [0.1, 0.15) is 11.6 Å². The highest BCUT2D eigenvalue weighted by atomic mass is 35.5.